The fraction of sp³-hybridized carbons (Fsp3) is 0.214. The van der Waals surface area contributed by atoms with Crippen molar-refractivity contribution >= 4 is 12.4 Å². The molecule has 1 N–H and O–H groups in total. The number of phenols is 1. The highest BCUT2D eigenvalue weighted by Gasteiger charge is 2.11. The van der Waals surface area contributed by atoms with Crippen molar-refractivity contribution in [1.29, 1.82) is 0 Å². The Morgan fingerprint density at radius 1 is 1.31 bits per heavy atom. The molecule has 0 aliphatic heterocycles. The minimum Gasteiger partial charge on any atom is -0.507 e. The zero-order valence-corrected chi connectivity index (χ0v) is 9.23. The third-order valence-electron chi connectivity index (χ3n) is 2.91. The van der Waals surface area contributed by atoms with Gasteiger partial charge in [0.15, 0.2) is 6.29 Å². The van der Waals surface area contributed by atoms with Crippen LogP contribution >= 0.6 is 0 Å². The molecule has 0 radical (unpaired) electrons. The minimum atomic E-state index is 0.0735. The second-order valence-electron chi connectivity index (χ2n) is 4.06. The fourth-order valence-electron chi connectivity index (χ4n) is 1.96. The summed E-state index contributed by atoms with van der Waals surface area (Å²) in [5.74, 6) is 0.0735. The van der Waals surface area contributed by atoms with E-state index in [9.17, 15) is 9.90 Å². The van der Waals surface area contributed by atoms with Crippen molar-refractivity contribution in [3.8, 4) is 5.75 Å². The molecule has 16 heavy (non-hydrogen) atoms. The van der Waals surface area contributed by atoms with E-state index in [1.165, 1.54) is 5.57 Å². The van der Waals surface area contributed by atoms with Crippen LogP contribution in [0.15, 0.2) is 29.9 Å². The maximum Gasteiger partial charge on any atom is 0.154 e. The number of carbonyl (C=O) groups excluding carboxylic acids is 1. The zero-order valence-electron chi connectivity index (χ0n) is 9.23. The first-order chi connectivity index (χ1) is 7.72. The summed E-state index contributed by atoms with van der Waals surface area (Å²) in [6.07, 6.45) is 8.49. The van der Waals surface area contributed by atoms with Crippen LogP contribution in [-0.4, -0.2) is 11.4 Å². The zero-order chi connectivity index (χ0) is 11.5. The summed E-state index contributed by atoms with van der Waals surface area (Å²) in [6, 6.07) is 3.42. The highest BCUT2D eigenvalue weighted by Crippen LogP contribution is 2.27. The van der Waals surface area contributed by atoms with E-state index in [-0.39, 0.29) is 5.75 Å². The van der Waals surface area contributed by atoms with E-state index in [1.54, 1.807) is 6.07 Å². The van der Waals surface area contributed by atoms with Gasteiger partial charge in [-0.15, -0.1) is 0 Å². The molecule has 0 aromatic heterocycles. The molecule has 0 atom stereocenters. The number of hydrogen-bond acceptors (Lipinski definition) is 2. The van der Waals surface area contributed by atoms with E-state index in [0.717, 1.165) is 30.3 Å². The van der Waals surface area contributed by atoms with Crippen molar-refractivity contribution in [2.75, 3.05) is 0 Å². The second kappa shape index (κ2) is 4.35. The van der Waals surface area contributed by atoms with E-state index in [1.807, 2.05) is 18.2 Å². The molecular formula is C14H14O2. The normalized spacial score (nSPS) is 14.7. The van der Waals surface area contributed by atoms with Crippen LogP contribution in [0.4, 0.5) is 0 Å². The number of phenolic OH excluding ortho intramolecular Hbond substituents is 1. The molecule has 2 nitrogen and oxygen atoms in total. The molecule has 0 spiro atoms. The Morgan fingerprint density at radius 2 is 2.12 bits per heavy atom. The predicted octanol–water partition coefficient (Wildman–Crippen LogP) is 3.11. The van der Waals surface area contributed by atoms with E-state index in [0.29, 0.717) is 5.56 Å². The van der Waals surface area contributed by atoms with Crippen LogP contribution in [0.3, 0.4) is 0 Å². The quantitative estimate of drug-likeness (QED) is 0.729. The Hall–Kier alpha value is -1.83. The first-order valence-corrected chi connectivity index (χ1v) is 5.36. The molecule has 1 aliphatic carbocycles. The monoisotopic (exact) mass is 214 g/mol. The Morgan fingerprint density at radius 3 is 2.88 bits per heavy atom. The average molecular weight is 214 g/mol. The lowest BCUT2D eigenvalue weighted by molar-refractivity contribution is 0.112. The maximum atomic E-state index is 11.0. The second-order valence-corrected chi connectivity index (χ2v) is 4.06. The van der Waals surface area contributed by atoms with Crippen LogP contribution in [0.25, 0.3) is 6.08 Å². The Bertz CT molecular complexity index is 482. The van der Waals surface area contributed by atoms with Gasteiger partial charge in [0.25, 0.3) is 0 Å². The molecule has 0 heterocycles. The van der Waals surface area contributed by atoms with Gasteiger partial charge in [-0.1, -0.05) is 29.9 Å². The van der Waals surface area contributed by atoms with Gasteiger partial charge in [0, 0.05) is 0 Å². The van der Waals surface area contributed by atoms with Crippen molar-refractivity contribution in [1.82, 2.24) is 0 Å². The first-order valence-electron chi connectivity index (χ1n) is 5.36. The van der Waals surface area contributed by atoms with Crippen LogP contribution in [0.5, 0.6) is 5.75 Å². The standard InChI is InChI=1S/C14H14O2/c1-10-3-2-4-11-6-8-14(16)13(9-15)12(11)7-5-10/h2-4,6,8-9,16H,5,7H2,1H3. The molecule has 0 unspecified atom stereocenters. The van der Waals surface area contributed by atoms with Gasteiger partial charge in [0.2, 0.25) is 0 Å². The van der Waals surface area contributed by atoms with Crippen LogP contribution in [-0.2, 0) is 6.42 Å². The van der Waals surface area contributed by atoms with Crippen LogP contribution in [0.2, 0.25) is 0 Å². The highest BCUT2D eigenvalue weighted by atomic mass is 16.3. The van der Waals surface area contributed by atoms with E-state index in [2.05, 4.69) is 13.0 Å². The number of hydrogen-bond donors (Lipinski definition) is 1. The molecule has 2 heteroatoms. The van der Waals surface area contributed by atoms with Gasteiger partial charge >= 0.3 is 0 Å². The summed E-state index contributed by atoms with van der Waals surface area (Å²) in [4.78, 5) is 11.0. The lowest BCUT2D eigenvalue weighted by atomic mass is 9.93. The molecule has 1 aromatic rings. The Balaban J connectivity index is 2.57. The molecule has 0 saturated carbocycles. The molecule has 0 saturated heterocycles. The number of aromatic hydroxyl groups is 1. The SMILES string of the molecule is CC1=CC=Cc2ccc(O)c(C=O)c2CC1. The largest absolute Gasteiger partial charge is 0.507 e. The number of fused-ring (bicyclic) bond motifs is 1. The molecule has 0 bridgehead atoms. The van der Waals surface area contributed by atoms with Gasteiger partial charge in [-0.3, -0.25) is 4.79 Å². The number of carbonyl (C=O) groups is 1. The summed E-state index contributed by atoms with van der Waals surface area (Å²) >= 11 is 0. The van der Waals surface area contributed by atoms with E-state index < -0.39 is 0 Å². The van der Waals surface area contributed by atoms with Gasteiger partial charge in [0.1, 0.15) is 5.75 Å². The lowest BCUT2D eigenvalue weighted by Gasteiger charge is -2.12. The Kier molecular flexibility index (Phi) is 2.91. The summed E-state index contributed by atoms with van der Waals surface area (Å²) in [5, 5.41) is 9.62. The predicted molar refractivity (Wildman–Crippen MR) is 64.6 cm³/mol. The highest BCUT2D eigenvalue weighted by molar-refractivity contribution is 5.84. The van der Waals surface area contributed by atoms with Crippen LogP contribution < -0.4 is 0 Å². The number of allylic oxidation sites excluding steroid dienone is 3. The lowest BCUT2D eigenvalue weighted by Crippen LogP contribution is -1.99. The third-order valence-corrected chi connectivity index (χ3v) is 2.91. The summed E-state index contributed by atoms with van der Waals surface area (Å²) in [7, 11) is 0. The smallest absolute Gasteiger partial charge is 0.154 e. The van der Waals surface area contributed by atoms with Crippen LogP contribution in [0.1, 0.15) is 34.8 Å². The third kappa shape index (κ3) is 1.91. The molecule has 2 rings (SSSR count). The molecular weight excluding hydrogens is 200 g/mol. The topological polar surface area (TPSA) is 37.3 Å². The fourth-order valence-corrected chi connectivity index (χ4v) is 1.96. The van der Waals surface area contributed by atoms with Crippen molar-refractivity contribution < 1.29 is 9.90 Å². The van der Waals surface area contributed by atoms with Crippen molar-refractivity contribution in [3.05, 3.63) is 46.5 Å². The van der Waals surface area contributed by atoms with Crippen LogP contribution in [0, 0.1) is 0 Å². The van der Waals surface area contributed by atoms with Gasteiger partial charge in [-0.2, -0.15) is 0 Å². The van der Waals surface area contributed by atoms with Gasteiger partial charge in [0.05, 0.1) is 5.56 Å². The Labute approximate surface area is 94.9 Å². The van der Waals surface area contributed by atoms with Crippen molar-refractivity contribution in [2.24, 2.45) is 0 Å². The number of aldehydes is 1. The molecule has 1 aliphatic rings. The number of rotatable bonds is 1. The molecule has 82 valence electrons. The van der Waals surface area contributed by atoms with E-state index in [4.69, 9.17) is 0 Å². The molecule has 0 fully saturated rings. The summed E-state index contributed by atoms with van der Waals surface area (Å²) in [6.45, 7) is 2.07. The maximum absolute atomic E-state index is 11.0. The first kappa shape index (κ1) is 10.7. The molecule has 0 amide bonds. The minimum absolute atomic E-state index is 0.0735. The van der Waals surface area contributed by atoms with Gasteiger partial charge in [-0.25, -0.2) is 0 Å². The summed E-state index contributed by atoms with van der Waals surface area (Å²) in [5.41, 5.74) is 3.67. The van der Waals surface area contributed by atoms with E-state index >= 15 is 0 Å². The number of benzene rings is 1. The summed E-state index contributed by atoms with van der Waals surface area (Å²) < 4.78 is 0. The van der Waals surface area contributed by atoms with Crippen molar-refractivity contribution in [3.63, 3.8) is 0 Å². The van der Waals surface area contributed by atoms with Gasteiger partial charge in [-0.05, 0) is 37.0 Å². The van der Waals surface area contributed by atoms with Crippen molar-refractivity contribution in [2.45, 2.75) is 19.8 Å². The molecule has 1 aromatic carbocycles. The average Bonchev–Trinajstić information content (AvgIpc) is 2.25. The van der Waals surface area contributed by atoms with Gasteiger partial charge < -0.3 is 5.11 Å².